The number of rotatable bonds is 6. The lowest BCUT2D eigenvalue weighted by Crippen LogP contribution is -2.20. The lowest BCUT2D eigenvalue weighted by Gasteiger charge is -2.09. The van der Waals surface area contributed by atoms with Gasteiger partial charge in [0.25, 0.3) is 11.8 Å². The molecule has 0 atom stereocenters. The Morgan fingerprint density at radius 1 is 1.13 bits per heavy atom. The average molecular weight is 427 g/mol. The fourth-order valence-electron chi connectivity index (χ4n) is 2.84. The smallest absolute Gasteiger partial charge is 0.340 e. The quantitative estimate of drug-likeness (QED) is 0.546. The van der Waals surface area contributed by atoms with Crippen LogP contribution in [0.15, 0.2) is 65.4 Å². The van der Waals surface area contributed by atoms with Crippen LogP contribution >= 0.6 is 11.6 Å². The molecule has 8 heteroatoms. The molecule has 1 aliphatic rings. The number of anilines is 1. The van der Waals surface area contributed by atoms with Gasteiger partial charge in [-0.2, -0.15) is 0 Å². The number of hydrogen-bond acceptors (Lipinski definition) is 5. The first-order chi connectivity index (χ1) is 14.4. The molecule has 0 saturated carbocycles. The van der Waals surface area contributed by atoms with Crippen LogP contribution in [0.3, 0.4) is 0 Å². The Kier molecular flexibility index (Phi) is 6.54. The molecule has 0 unspecified atom stereocenters. The molecular weight excluding hydrogens is 408 g/mol. The van der Waals surface area contributed by atoms with E-state index in [1.807, 2.05) is 0 Å². The molecule has 2 aromatic carbocycles. The highest BCUT2D eigenvalue weighted by atomic mass is 35.5. The highest BCUT2D eigenvalue weighted by molar-refractivity contribution is 6.33. The Labute approximate surface area is 178 Å². The summed E-state index contributed by atoms with van der Waals surface area (Å²) in [5, 5.41) is 5.72. The molecule has 2 amide bonds. The van der Waals surface area contributed by atoms with Crippen molar-refractivity contribution < 1.29 is 23.9 Å². The maximum atomic E-state index is 12.1. The van der Waals surface area contributed by atoms with Crippen LogP contribution in [0.5, 0.6) is 5.75 Å². The zero-order valence-corrected chi connectivity index (χ0v) is 17.1. The molecule has 7 nitrogen and oxygen atoms in total. The number of allylic oxidation sites excluding steroid dienone is 1. The molecule has 2 aromatic rings. The van der Waals surface area contributed by atoms with E-state index in [9.17, 15) is 14.4 Å². The van der Waals surface area contributed by atoms with Crippen LogP contribution in [0.2, 0.25) is 5.02 Å². The topological polar surface area (TPSA) is 93.7 Å². The van der Waals surface area contributed by atoms with Crippen molar-refractivity contribution in [1.82, 2.24) is 5.32 Å². The van der Waals surface area contributed by atoms with E-state index in [0.717, 1.165) is 0 Å². The molecule has 1 heterocycles. The Balaban J connectivity index is 1.64. The van der Waals surface area contributed by atoms with Crippen molar-refractivity contribution >= 4 is 41.1 Å². The van der Waals surface area contributed by atoms with Gasteiger partial charge in [0.1, 0.15) is 5.75 Å². The number of carbonyl (C=O) groups excluding carboxylic acids is 3. The summed E-state index contributed by atoms with van der Waals surface area (Å²) in [5.74, 6) is -0.825. The number of nitrogens with one attached hydrogen (secondary N) is 2. The van der Waals surface area contributed by atoms with Crippen LogP contribution in [0, 0.1) is 0 Å². The van der Waals surface area contributed by atoms with Gasteiger partial charge in [-0.1, -0.05) is 35.9 Å². The number of ether oxygens (including phenoxy) is 2. The van der Waals surface area contributed by atoms with E-state index in [2.05, 4.69) is 10.6 Å². The van der Waals surface area contributed by atoms with Gasteiger partial charge >= 0.3 is 5.97 Å². The standard InChI is InChI=1S/C22H19ClN2O5/c1-13-20(22(28)29-2)16(21(27)24-13)11-14-7-9-15(10-8-14)30-12-19(26)25-18-6-4-3-5-17(18)23/h3-11H,12H2,1-2H3,(H,24,27)(H,25,26). The largest absolute Gasteiger partial charge is 0.484 e. The second-order valence-electron chi connectivity index (χ2n) is 6.39. The van der Waals surface area contributed by atoms with Crippen molar-refractivity contribution in [3.63, 3.8) is 0 Å². The van der Waals surface area contributed by atoms with Gasteiger partial charge in [0, 0.05) is 5.70 Å². The van der Waals surface area contributed by atoms with Gasteiger partial charge < -0.3 is 20.1 Å². The molecule has 30 heavy (non-hydrogen) atoms. The third kappa shape index (κ3) is 4.87. The number of amides is 2. The summed E-state index contributed by atoms with van der Waals surface area (Å²) < 4.78 is 10.2. The zero-order valence-electron chi connectivity index (χ0n) is 16.3. The van der Waals surface area contributed by atoms with Crippen LogP contribution in [0.25, 0.3) is 6.08 Å². The minimum Gasteiger partial charge on any atom is -0.484 e. The monoisotopic (exact) mass is 426 g/mol. The molecule has 2 N–H and O–H groups in total. The van der Waals surface area contributed by atoms with Gasteiger partial charge in [-0.15, -0.1) is 0 Å². The molecule has 0 aliphatic carbocycles. The van der Waals surface area contributed by atoms with Crippen molar-refractivity contribution in [3.05, 3.63) is 76.0 Å². The Morgan fingerprint density at radius 2 is 1.83 bits per heavy atom. The van der Waals surface area contributed by atoms with Gasteiger partial charge in [0.05, 0.1) is 29.0 Å². The van der Waals surface area contributed by atoms with E-state index in [1.165, 1.54) is 7.11 Å². The molecule has 1 aliphatic heterocycles. The maximum Gasteiger partial charge on any atom is 0.340 e. The van der Waals surface area contributed by atoms with Crippen molar-refractivity contribution in [2.24, 2.45) is 0 Å². The second-order valence-corrected chi connectivity index (χ2v) is 6.80. The van der Waals surface area contributed by atoms with Gasteiger partial charge in [0.2, 0.25) is 0 Å². The summed E-state index contributed by atoms with van der Waals surface area (Å²) >= 11 is 6.01. The van der Waals surface area contributed by atoms with Crippen LogP contribution in [-0.2, 0) is 19.1 Å². The van der Waals surface area contributed by atoms with Crippen LogP contribution < -0.4 is 15.4 Å². The van der Waals surface area contributed by atoms with E-state index in [-0.39, 0.29) is 29.6 Å². The Bertz CT molecular complexity index is 1060. The highest BCUT2D eigenvalue weighted by Gasteiger charge is 2.30. The number of esters is 1. The number of halogens is 1. The SMILES string of the molecule is COC(=O)C1=C(C)NC(=O)C1=Cc1ccc(OCC(=O)Nc2ccccc2Cl)cc1. The normalized spacial score (nSPS) is 14.5. The predicted octanol–water partition coefficient (Wildman–Crippen LogP) is 3.32. The van der Waals surface area contributed by atoms with Crippen LogP contribution in [-0.4, -0.2) is 31.5 Å². The van der Waals surface area contributed by atoms with E-state index in [1.54, 1.807) is 61.5 Å². The average Bonchev–Trinajstić information content (AvgIpc) is 3.01. The number of para-hydroxylation sites is 1. The van der Waals surface area contributed by atoms with Crippen LogP contribution in [0.4, 0.5) is 5.69 Å². The minimum absolute atomic E-state index is 0.192. The first-order valence-corrected chi connectivity index (χ1v) is 9.36. The summed E-state index contributed by atoms with van der Waals surface area (Å²) in [5.41, 5.74) is 2.08. The number of carbonyl (C=O) groups is 3. The van der Waals surface area contributed by atoms with Crippen molar-refractivity contribution in [3.8, 4) is 5.75 Å². The first-order valence-electron chi connectivity index (χ1n) is 8.99. The van der Waals surface area contributed by atoms with E-state index >= 15 is 0 Å². The zero-order chi connectivity index (χ0) is 21.7. The molecular formula is C22H19ClN2O5. The summed E-state index contributed by atoms with van der Waals surface area (Å²) in [6.45, 7) is 1.44. The van der Waals surface area contributed by atoms with Crippen molar-refractivity contribution in [2.75, 3.05) is 19.0 Å². The minimum atomic E-state index is -0.582. The molecule has 154 valence electrons. The second kappa shape index (κ2) is 9.28. The lowest BCUT2D eigenvalue weighted by atomic mass is 10.0. The summed E-state index contributed by atoms with van der Waals surface area (Å²) in [4.78, 5) is 36.1. The number of hydrogen-bond donors (Lipinski definition) is 2. The summed E-state index contributed by atoms with van der Waals surface area (Å²) in [7, 11) is 1.26. The van der Waals surface area contributed by atoms with E-state index < -0.39 is 5.97 Å². The highest BCUT2D eigenvalue weighted by Crippen LogP contribution is 2.25. The van der Waals surface area contributed by atoms with Gasteiger partial charge in [-0.25, -0.2) is 4.79 Å². The molecule has 3 rings (SSSR count). The number of methoxy groups -OCH3 is 1. The molecule has 0 bridgehead atoms. The van der Waals surface area contributed by atoms with Gasteiger partial charge in [-0.3, -0.25) is 9.59 Å². The molecule has 0 aromatic heterocycles. The Morgan fingerprint density at radius 3 is 2.50 bits per heavy atom. The van der Waals surface area contributed by atoms with Gasteiger partial charge in [-0.05, 0) is 42.8 Å². The summed E-state index contributed by atoms with van der Waals surface area (Å²) in [6, 6.07) is 13.7. The lowest BCUT2D eigenvalue weighted by molar-refractivity contribution is -0.136. The fourth-order valence-corrected chi connectivity index (χ4v) is 3.03. The molecule has 0 radical (unpaired) electrons. The van der Waals surface area contributed by atoms with E-state index in [4.69, 9.17) is 21.1 Å². The number of benzene rings is 2. The third-order valence-corrected chi connectivity index (χ3v) is 4.62. The van der Waals surface area contributed by atoms with Crippen molar-refractivity contribution in [1.29, 1.82) is 0 Å². The van der Waals surface area contributed by atoms with Crippen molar-refractivity contribution in [2.45, 2.75) is 6.92 Å². The third-order valence-electron chi connectivity index (χ3n) is 4.29. The van der Waals surface area contributed by atoms with Gasteiger partial charge in [0.15, 0.2) is 6.61 Å². The molecule has 0 spiro atoms. The molecule has 0 saturated heterocycles. The predicted molar refractivity (Wildman–Crippen MR) is 113 cm³/mol. The van der Waals surface area contributed by atoms with E-state index in [0.29, 0.717) is 27.7 Å². The Hall–Kier alpha value is -3.58. The fraction of sp³-hybridized carbons (Fsp3) is 0.136. The molecule has 0 fully saturated rings. The van der Waals surface area contributed by atoms with Crippen LogP contribution in [0.1, 0.15) is 12.5 Å². The summed E-state index contributed by atoms with van der Waals surface area (Å²) in [6.07, 6.45) is 1.59. The maximum absolute atomic E-state index is 12.1. The first kappa shape index (κ1) is 21.1.